The SMILES string of the molecule is C.C.C/C=C/C[C@@H]1/C=C(\C)C[C@H](C)C[C@H](OC)[C@H]2O[C@@](O)(C(=O)C(=O)N3CCCC[C@H]3C(=O)O[C@H](/C(C)=C/[C@@H]3CC[C@@H](O)[C@H](OC)C3)[C@H](C)[C@@H](O)CC1=NO)[C@H](C)C[C@@H]2OC.C=CC[C@@H]1/C=C(\C)C[C@H](C)C[C@H](OC)[C@H]2O[C@@](O)(C(=O)C(=O)N3CCCC[C@H]3C(=O)O[C@H](/C(C)=C/[C@@H]3CC[C@@H](O)[C@H](OC)C3)[C@H](C)[C@@H](O)CC1=O)[C@H](C)C[C@@H]2OC. The molecule has 7 N–H and O–H groups in total. The number of aliphatic hydroxyl groups excluding tert-OH is 4. The molecule has 0 radical (unpaired) electrons. The number of fused-ring (bicyclic) bond motifs is 6. The van der Waals surface area contributed by atoms with Gasteiger partial charge in [-0.25, -0.2) is 9.59 Å². The summed E-state index contributed by atoms with van der Waals surface area (Å²) < 4.78 is 59.7. The van der Waals surface area contributed by atoms with Crippen LogP contribution < -0.4 is 0 Å². The fourth-order valence-electron chi connectivity index (χ4n) is 19.1. The predicted octanol–water partition coefficient (Wildman–Crippen LogP) is 11.2. The molecule has 0 aromatic heterocycles. The van der Waals surface area contributed by atoms with Crippen molar-refractivity contribution in [2.45, 2.75) is 341 Å². The number of Topliss-reactive ketones (excluding diaryl/α,β-unsaturated/α-hetero) is 3. The Balaban J connectivity index is 0.000000414. The average Bonchev–Trinajstić information content (AvgIpc) is 0.790. The number of hydrogen-bond acceptors (Lipinski definition) is 25. The van der Waals surface area contributed by atoms with Crippen molar-refractivity contribution in [3.63, 3.8) is 0 Å². The molecule has 0 unspecified atom stereocenters. The molecule has 6 aliphatic heterocycles. The Morgan fingerprint density at radius 3 is 1.27 bits per heavy atom. The molecule has 4 bridgehead atoms. The van der Waals surface area contributed by atoms with Crippen LogP contribution in [0, 0.1) is 59.2 Å². The number of allylic oxidation sites excluding steroid dienone is 9. The molecule has 672 valence electrons. The van der Waals surface area contributed by atoms with Crippen molar-refractivity contribution in [1.29, 1.82) is 0 Å². The summed E-state index contributed by atoms with van der Waals surface area (Å²) in [6.45, 7) is 24.4. The molecule has 2 aliphatic carbocycles. The Morgan fingerprint density at radius 1 is 0.517 bits per heavy atom. The lowest BCUT2D eigenvalue weighted by atomic mass is 9.81. The molecule has 8 aliphatic rings. The van der Waals surface area contributed by atoms with Gasteiger partial charge in [-0.3, -0.25) is 24.0 Å². The summed E-state index contributed by atoms with van der Waals surface area (Å²) in [6.07, 6.45) is 12.8. The van der Waals surface area contributed by atoms with Gasteiger partial charge in [0.1, 0.15) is 42.3 Å². The van der Waals surface area contributed by atoms with E-state index in [4.69, 9.17) is 47.4 Å². The number of cyclic esters (lactones) is 2. The van der Waals surface area contributed by atoms with E-state index < -0.39 is 162 Å². The number of amides is 2. The third-order valence-electron chi connectivity index (χ3n) is 26.1. The highest BCUT2D eigenvalue weighted by Gasteiger charge is 2.59. The van der Waals surface area contributed by atoms with Crippen LogP contribution >= 0.6 is 0 Å². The number of oxime groups is 1. The minimum Gasteiger partial charge on any atom is -0.456 e. The number of nitrogens with zero attached hydrogens (tertiary/aromatic N) is 3. The van der Waals surface area contributed by atoms with Gasteiger partial charge in [0, 0.05) is 104 Å². The highest BCUT2D eigenvalue weighted by molar-refractivity contribution is 6.39. The van der Waals surface area contributed by atoms with Crippen molar-refractivity contribution in [1.82, 2.24) is 9.80 Å². The van der Waals surface area contributed by atoms with Gasteiger partial charge in [0.05, 0.1) is 66.8 Å². The predicted molar refractivity (Wildman–Crippen MR) is 447 cm³/mol. The van der Waals surface area contributed by atoms with Crippen molar-refractivity contribution < 1.29 is 117 Å². The molecular weight excluding hydrogens is 1520 g/mol. The van der Waals surface area contributed by atoms with E-state index in [0.717, 1.165) is 11.1 Å². The first-order valence-corrected chi connectivity index (χ1v) is 42.5. The van der Waals surface area contributed by atoms with Crippen molar-refractivity contribution in [3.8, 4) is 0 Å². The first-order chi connectivity index (χ1) is 55.0. The van der Waals surface area contributed by atoms with Gasteiger partial charge < -0.3 is 93.0 Å². The third-order valence-corrected chi connectivity index (χ3v) is 26.1. The Hall–Kier alpha value is -5.76. The molecule has 0 spiro atoms. The molecule has 27 heteroatoms. The van der Waals surface area contributed by atoms with Crippen LogP contribution in [0.1, 0.15) is 232 Å². The van der Waals surface area contributed by atoms with Gasteiger partial charge in [-0.2, -0.15) is 0 Å². The zero-order chi connectivity index (χ0) is 85.8. The van der Waals surface area contributed by atoms with Gasteiger partial charge in [0.2, 0.25) is 11.6 Å². The summed E-state index contributed by atoms with van der Waals surface area (Å²) >= 11 is 0. The summed E-state index contributed by atoms with van der Waals surface area (Å²) in [6, 6.07) is -2.28. The van der Waals surface area contributed by atoms with Gasteiger partial charge in [0.15, 0.2) is 0 Å². The molecule has 2 saturated carbocycles. The van der Waals surface area contributed by atoms with Crippen molar-refractivity contribution >= 4 is 46.8 Å². The smallest absolute Gasteiger partial charge is 0.329 e. The van der Waals surface area contributed by atoms with E-state index in [9.17, 15) is 69.4 Å². The first kappa shape index (κ1) is 103. The van der Waals surface area contributed by atoms with Gasteiger partial charge in [-0.15, -0.1) is 6.58 Å². The Labute approximate surface area is 703 Å². The quantitative estimate of drug-likeness (QED) is 0.0279. The topological polar surface area (TPSA) is 372 Å². The number of rotatable bonds is 14. The number of carbonyl (C=O) groups is 7. The highest BCUT2D eigenvalue weighted by atomic mass is 16.7. The number of carbonyl (C=O) groups excluding carboxylic acids is 7. The molecule has 118 heavy (non-hydrogen) atoms. The van der Waals surface area contributed by atoms with Gasteiger partial charge >= 0.3 is 11.9 Å². The van der Waals surface area contributed by atoms with Crippen LogP contribution in [0.25, 0.3) is 0 Å². The van der Waals surface area contributed by atoms with Crippen LogP contribution in [0.15, 0.2) is 76.6 Å². The number of ketones is 3. The lowest BCUT2D eigenvalue weighted by Crippen LogP contribution is -2.64. The van der Waals surface area contributed by atoms with Crippen LogP contribution in [-0.2, 0) is 80.9 Å². The number of piperidine rings is 2. The fraction of sp³-hybridized carbons (Fsp3) is 0.780. The van der Waals surface area contributed by atoms with Crippen LogP contribution in [0.2, 0.25) is 0 Å². The largest absolute Gasteiger partial charge is 0.456 e. The summed E-state index contributed by atoms with van der Waals surface area (Å²) in [7, 11) is 9.25. The second-order valence-corrected chi connectivity index (χ2v) is 34.9. The van der Waals surface area contributed by atoms with E-state index in [1.54, 1.807) is 48.0 Å². The highest BCUT2D eigenvalue weighted by Crippen LogP contribution is 2.43. The van der Waals surface area contributed by atoms with Crippen molar-refractivity contribution in [3.05, 3.63) is 71.4 Å². The first-order valence-electron chi connectivity index (χ1n) is 42.5. The summed E-state index contributed by atoms with van der Waals surface area (Å²) in [5.74, 6) is -15.1. The minimum atomic E-state index is -2.51. The van der Waals surface area contributed by atoms with E-state index in [1.807, 2.05) is 71.9 Å². The zero-order valence-corrected chi connectivity index (χ0v) is 72.1. The second-order valence-electron chi connectivity index (χ2n) is 34.9. The number of ether oxygens (including phenoxy) is 10. The lowest BCUT2D eigenvalue weighted by Gasteiger charge is -2.47. The minimum absolute atomic E-state index is 0. The Morgan fingerprint density at radius 2 is 0.898 bits per heavy atom. The van der Waals surface area contributed by atoms with Crippen molar-refractivity contribution in [2.75, 3.05) is 55.7 Å². The maximum atomic E-state index is 14.4. The zero-order valence-electron chi connectivity index (χ0n) is 72.1. The van der Waals surface area contributed by atoms with E-state index in [2.05, 4.69) is 24.7 Å². The van der Waals surface area contributed by atoms with Gasteiger partial charge in [0.25, 0.3) is 23.4 Å². The molecule has 2 amide bonds. The monoisotopic (exact) mass is 1670 g/mol. The molecule has 6 fully saturated rings. The number of esters is 2. The standard InChI is InChI=1S/C45H72N2O12.C44H69NO12.2CH4/c1-10-11-14-32-20-26(2)19-27(3)21-38(56-8)41-39(57-9)23-29(5)45(53,59-41)42(50)43(51)47-18-13-12-15-34(47)44(52)58-40(30(6)36(49)25-33(32)46-54)28(4)22-31-16-17-35(48)37(24-31)55-7;1-10-13-31-19-25(2)18-26(3)20-37(54-8)40-38(55-9)22-28(5)44(52,57-40)41(49)42(50)45-17-12-11-14-32(45)43(51)56-39(29(6)34(47)24-35(31)48)27(4)21-30-15-16-33(46)36(23-30)53-7;;/h10-11,20,22,27,29-32,34-41,48-49,53-54H,12-19,21,23-25H2,1-9H3;10,19,21,26,28-34,36-40,46-47,52H,1,11-18,20,22-24H2,2-9H3;2*1H4/b11-10+,26-20+,28-22+,46-33?;25-19+,27-21+;;/t27-,29+,30+,31-,32+,34-,35+,36-,37+,38-,39-,40+,41+,45+;26-,28+,29+,30-,31+,32-,33+,34-,36+,37-,38-,39+,40+,44+;;/m00../s1. The number of hydrogen-bond donors (Lipinski definition) is 7. The molecule has 28 atom stereocenters. The van der Waals surface area contributed by atoms with Gasteiger partial charge in [-0.05, 0) is 198 Å². The van der Waals surface area contributed by atoms with Gasteiger partial charge in [-0.1, -0.05) is 115 Å². The van der Waals surface area contributed by atoms with Crippen LogP contribution in [0.5, 0.6) is 0 Å². The summed E-state index contributed by atoms with van der Waals surface area (Å²) in [4.78, 5) is 102. The average molecular weight is 1670 g/mol. The van der Waals surface area contributed by atoms with Crippen molar-refractivity contribution in [2.24, 2.45) is 64.3 Å². The molecule has 8 rings (SSSR count). The second kappa shape index (κ2) is 47.8. The molecule has 6 heterocycles. The van der Waals surface area contributed by atoms with E-state index in [-0.39, 0.29) is 114 Å². The van der Waals surface area contributed by atoms with E-state index in [0.29, 0.717) is 120 Å². The number of methoxy groups -OCH3 is 6. The lowest BCUT2D eigenvalue weighted by molar-refractivity contribution is -0.302. The van der Waals surface area contributed by atoms with E-state index >= 15 is 0 Å². The number of aliphatic hydroxyl groups is 6. The van der Waals surface area contributed by atoms with E-state index in [1.165, 1.54) is 38.2 Å². The third kappa shape index (κ3) is 25.9. The van der Waals surface area contributed by atoms with Crippen LogP contribution in [0.4, 0.5) is 0 Å². The van der Waals surface area contributed by atoms with Crippen LogP contribution in [0.3, 0.4) is 0 Å². The molecule has 27 nitrogen and oxygen atoms in total. The Bertz CT molecular complexity index is 3460. The summed E-state index contributed by atoms with van der Waals surface area (Å²) in [5.41, 5.74) is 3.68. The maximum absolute atomic E-state index is 14.4. The molecule has 0 aromatic rings. The molecular formula is C91H149N3O24. The Kier molecular flexibility index (Phi) is 41.6. The van der Waals surface area contributed by atoms with Crippen LogP contribution in [-0.4, -0.2) is 257 Å². The molecule has 0 aromatic carbocycles. The fourth-order valence-corrected chi connectivity index (χ4v) is 19.1. The summed E-state index contributed by atoms with van der Waals surface area (Å²) in [5, 5.41) is 82.7. The maximum Gasteiger partial charge on any atom is 0.329 e. The normalized spacial score (nSPS) is 40.2. The molecule has 4 saturated heterocycles.